The average Bonchev–Trinajstić information content (AvgIpc) is 2.92. The number of hydrogen-bond acceptors (Lipinski definition) is 0. The van der Waals surface area contributed by atoms with Crippen LogP contribution in [0.25, 0.3) is 10.8 Å². The van der Waals surface area contributed by atoms with Gasteiger partial charge in [0.2, 0.25) is 0 Å². The van der Waals surface area contributed by atoms with E-state index in [4.69, 9.17) is 0 Å². The Hall–Kier alpha value is -2.85. The molecule has 3 aromatic rings. The first kappa shape index (κ1) is 26.2. The fourth-order valence-electron chi connectivity index (χ4n) is 5.55. The average molecular weight is 481 g/mol. The quantitative estimate of drug-likeness (QED) is 0.211. The van der Waals surface area contributed by atoms with Gasteiger partial charge in [-0.15, -0.1) is 0 Å². The van der Waals surface area contributed by atoms with Gasteiger partial charge in [-0.05, 0) is 92.0 Å². The molecule has 1 saturated carbocycles. The van der Waals surface area contributed by atoms with E-state index in [0.717, 1.165) is 35.6 Å². The van der Waals surface area contributed by atoms with Crippen LogP contribution in [0.2, 0.25) is 0 Å². The van der Waals surface area contributed by atoms with Crippen molar-refractivity contribution in [1.29, 1.82) is 0 Å². The van der Waals surface area contributed by atoms with Crippen molar-refractivity contribution < 1.29 is 4.39 Å². The molecule has 0 spiro atoms. The first-order valence-corrected chi connectivity index (χ1v) is 14.1. The highest BCUT2D eigenvalue weighted by Gasteiger charge is 2.20. The lowest BCUT2D eigenvalue weighted by Gasteiger charge is -2.28. The van der Waals surface area contributed by atoms with E-state index in [2.05, 4.69) is 62.1 Å². The molecule has 0 amide bonds. The summed E-state index contributed by atoms with van der Waals surface area (Å²) in [5, 5.41) is 1.64. The standard InChI is InChI=1S/C35H41F/c1-3-5-7-9-28-12-14-29(15-13-28)18-19-31-21-25-34-33(26-31)24-23-32(35(34)36)22-20-30-16-10-27(11-17-30)8-6-4-2/h3,5,10-11,16-17,21,23-26,28-29H,4,6-9,12-15,18-19H2,1-2H3/b5-3+. The maximum absolute atomic E-state index is 15.2. The zero-order valence-corrected chi connectivity index (χ0v) is 22.2. The van der Waals surface area contributed by atoms with Crippen LogP contribution in [0, 0.1) is 29.5 Å². The van der Waals surface area contributed by atoms with Crippen molar-refractivity contribution in [3.05, 3.63) is 94.8 Å². The lowest BCUT2D eigenvalue weighted by atomic mass is 9.78. The van der Waals surface area contributed by atoms with Crippen molar-refractivity contribution in [3.8, 4) is 11.8 Å². The van der Waals surface area contributed by atoms with Gasteiger partial charge in [-0.1, -0.05) is 99.4 Å². The zero-order valence-electron chi connectivity index (χ0n) is 22.2. The third-order valence-electron chi connectivity index (χ3n) is 7.92. The predicted octanol–water partition coefficient (Wildman–Crippen LogP) is 9.82. The number of unbranched alkanes of at least 4 members (excludes halogenated alkanes) is 1. The molecule has 1 heteroatoms. The molecule has 0 nitrogen and oxygen atoms in total. The zero-order chi connectivity index (χ0) is 25.2. The summed E-state index contributed by atoms with van der Waals surface area (Å²) in [6, 6.07) is 18.4. The molecule has 0 bridgehead atoms. The molecular formula is C35H41F. The van der Waals surface area contributed by atoms with Gasteiger partial charge in [-0.3, -0.25) is 0 Å². The fraction of sp³-hybridized carbons (Fsp3) is 0.429. The SMILES string of the molecule is C/C=C/CCC1CCC(CCc2ccc3c(F)c(C#Cc4ccc(CCCC)cc4)ccc3c2)CC1. The molecule has 4 rings (SSSR count). The number of fused-ring (bicyclic) bond motifs is 1. The molecule has 1 aliphatic carbocycles. The predicted molar refractivity (Wildman–Crippen MR) is 153 cm³/mol. The van der Waals surface area contributed by atoms with Crippen LogP contribution >= 0.6 is 0 Å². The van der Waals surface area contributed by atoms with Gasteiger partial charge in [0.05, 0.1) is 5.56 Å². The lowest BCUT2D eigenvalue weighted by molar-refractivity contribution is 0.254. The van der Waals surface area contributed by atoms with Crippen LogP contribution in [0.4, 0.5) is 4.39 Å². The summed E-state index contributed by atoms with van der Waals surface area (Å²) in [4.78, 5) is 0. The van der Waals surface area contributed by atoms with Gasteiger partial charge in [0.15, 0.2) is 0 Å². The van der Waals surface area contributed by atoms with Crippen molar-refractivity contribution in [2.24, 2.45) is 11.8 Å². The van der Waals surface area contributed by atoms with Crippen molar-refractivity contribution >= 4 is 10.8 Å². The molecule has 0 aromatic heterocycles. The minimum Gasteiger partial charge on any atom is -0.205 e. The second-order valence-electron chi connectivity index (χ2n) is 10.6. The second-order valence-corrected chi connectivity index (χ2v) is 10.6. The Bertz CT molecular complexity index is 1200. The van der Waals surface area contributed by atoms with Gasteiger partial charge >= 0.3 is 0 Å². The summed E-state index contributed by atoms with van der Waals surface area (Å²) >= 11 is 0. The summed E-state index contributed by atoms with van der Waals surface area (Å²) in [7, 11) is 0. The Morgan fingerprint density at radius 3 is 2.28 bits per heavy atom. The third kappa shape index (κ3) is 7.33. The molecule has 36 heavy (non-hydrogen) atoms. The minimum atomic E-state index is -0.206. The van der Waals surface area contributed by atoms with Gasteiger partial charge in [-0.25, -0.2) is 4.39 Å². The molecule has 0 heterocycles. The monoisotopic (exact) mass is 480 g/mol. The van der Waals surface area contributed by atoms with Crippen molar-refractivity contribution in [3.63, 3.8) is 0 Å². The molecule has 0 N–H and O–H groups in total. The Morgan fingerprint density at radius 2 is 1.56 bits per heavy atom. The van der Waals surface area contributed by atoms with E-state index in [1.54, 1.807) is 0 Å². The summed E-state index contributed by atoms with van der Waals surface area (Å²) in [5.41, 5.74) is 4.05. The van der Waals surface area contributed by atoms with Crippen LogP contribution in [0.15, 0.2) is 66.7 Å². The van der Waals surface area contributed by atoms with Crippen LogP contribution in [0.3, 0.4) is 0 Å². The second kappa shape index (κ2) is 13.5. The smallest absolute Gasteiger partial charge is 0.146 e. The van der Waals surface area contributed by atoms with E-state index in [-0.39, 0.29) is 5.82 Å². The van der Waals surface area contributed by atoms with Gasteiger partial charge < -0.3 is 0 Å². The number of hydrogen-bond donors (Lipinski definition) is 0. The molecule has 0 aliphatic heterocycles. The Kier molecular flexibility index (Phi) is 9.80. The molecule has 0 radical (unpaired) electrons. The van der Waals surface area contributed by atoms with Crippen LogP contribution in [0.5, 0.6) is 0 Å². The van der Waals surface area contributed by atoms with Crippen molar-refractivity contribution in [2.45, 2.75) is 84.5 Å². The van der Waals surface area contributed by atoms with E-state index in [9.17, 15) is 0 Å². The number of benzene rings is 3. The molecule has 1 aliphatic rings. The molecule has 1 fully saturated rings. The highest BCUT2D eigenvalue weighted by molar-refractivity contribution is 5.85. The molecule has 0 saturated heterocycles. The number of halogens is 1. The van der Waals surface area contributed by atoms with Crippen LogP contribution in [-0.2, 0) is 12.8 Å². The highest BCUT2D eigenvalue weighted by Crippen LogP contribution is 2.34. The Labute approximate surface area is 218 Å². The normalized spacial score (nSPS) is 17.9. The largest absolute Gasteiger partial charge is 0.205 e. The van der Waals surface area contributed by atoms with E-state index in [0.29, 0.717) is 10.9 Å². The van der Waals surface area contributed by atoms with E-state index in [1.807, 2.05) is 30.3 Å². The van der Waals surface area contributed by atoms with Crippen LogP contribution in [-0.4, -0.2) is 0 Å². The summed E-state index contributed by atoms with van der Waals surface area (Å²) in [6.07, 6.45) is 18.4. The number of aryl methyl sites for hydroxylation is 2. The molecule has 188 valence electrons. The molecule has 0 unspecified atom stereocenters. The third-order valence-corrected chi connectivity index (χ3v) is 7.92. The van der Waals surface area contributed by atoms with Gasteiger partial charge in [0, 0.05) is 10.9 Å². The van der Waals surface area contributed by atoms with Gasteiger partial charge in [0.25, 0.3) is 0 Å². The first-order valence-electron chi connectivity index (χ1n) is 14.1. The van der Waals surface area contributed by atoms with E-state index >= 15 is 4.39 Å². The summed E-state index contributed by atoms with van der Waals surface area (Å²) in [5.74, 6) is 7.75. The molecule has 3 aromatic carbocycles. The molecule has 0 atom stereocenters. The van der Waals surface area contributed by atoms with Gasteiger partial charge in [0.1, 0.15) is 5.82 Å². The van der Waals surface area contributed by atoms with Crippen molar-refractivity contribution in [1.82, 2.24) is 0 Å². The molecular weight excluding hydrogens is 439 g/mol. The van der Waals surface area contributed by atoms with Crippen LogP contribution in [0.1, 0.15) is 93.9 Å². The van der Waals surface area contributed by atoms with Gasteiger partial charge in [-0.2, -0.15) is 0 Å². The maximum Gasteiger partial charge on any atom is 0.146 e. The summed E-state index contributed by atoms with van der Waals surface area (Å²) < 4.78 is 15.2. The number of rotatable bonds is 9. The van der Waals surface area contributed by atoms with E-state index in [1.165, 1.54) is 68.9 Å². The Balaban J connectivity index is 1.34. The van der Waals surface area contributed by atoms with E-state index < -0.39 is 0 Å². The van der Waals surface area contributed by atoms with Crippen molar-refractivity contribution in [2.75, 3.05) is 0 Å². The number of allylic oxidation sites excluding steroid dienone is 2. The lowest BCUT2D eigenvalue weighted by Crippen LogP contribution is -2.15. The fourth-order valence-corrected chi connectivity index (χ4v) is 5.55. The maximum atomic E-state index is 15.2. The van der Waals surface area contributed by atoms with Crippen LogP contribution < -0.4 is 0 Å². The Morgan fingerprint density at radius 1 is 0.833 bits per heavy atom. The summed E-state index contributed by atoms with van der Waals surface area (Å²) in [6.45, 7) is 4.32. The minimum absolute atomic E-state index is 0.206. The first-order chi connectivity index (χ1) is 17.7. The topological polar surface area (TPSA) is 0 Å². The highest BCUT2D eigenvalue weighted by atomic mass is 19.1.